The number of fused-ring (bicyclic) bond motifs is 1. The van der Waals surface area contributed by atoms with Crippen LogP contribution in [0.4, 0.5) is 0 Å². The number of nitrogens with one attached hydrogen (secondary N) is 2. The number of ether oxygens (including phenoxy) is 1. The van der Waals surface area contributed by atoms with Gasteiger partial charge in [-0.15, -0.1) is 0 Å². The van der Waals surface area contributed by atoms with Gasteiger partial charge < -0.3 is 15.0 Å². The molecule has 0 aliphatic rings. The highest BCUT2D eigenvalue weighted by atomic mass is 16.5. The molecule has 1 heterocycles. The molecule has 0 aliphatic heterocycles. The van der Waals surface area contributed by atoms with Crippen molar-refractivity contribution in [2.45, 2.75) is 25.9 Å². The van der Waals surface area contributed by atoms with E-state index in [1.54, 1.807) is 7.11 Å². The van der Waals surface area contributed by atoms with Gasteiger partial charge in [0, 0.05) is 30.9 Å². The standard InChI is InChI=1S/C14H20N2O/c1-14(2,10-17-3)16-9-11-4-5-12-6-7-15-13(12)8-11/h4-8,15-16H,9-10H2,1-3H3. The number of aromatic amines is 1. The molecule has 0 atom stereocenters. The van der Waals surface area contributed by atoms with Crippen LogP contribution in [0.25, 0.3) is 10.9 Å². The molecule has 3 nitrogen and oxygen atoms in total. The minimum atomic E-state index is -0.000553. The highest BCUT2D eigenvalue weighted by Crippen LogP contribution is 2.14. The fourth-order valence-electron chi connectivity index (χ4n) is 1.96. The van der Waals surface area contributed by atoms with Crippen molar-refractivity contribution < 1.29 is 4.74 Å². The maximum Gasteiger partial charge on any atom is 0.0639 e. The van der Waals surface area contributed by atoms with E-state index < -0.39 is 0 Å². The summed E-state index contributed by atoms with van der Waals surface area (Å²) in [5, 5.41) is 4.75. The summed E-state index contributed by atoms with van der Waals surface area (Å²) in [6, 6.07) is 8.57. The lowest BCUT2D eigenvalue weighted by atomic mass is 10.1. The van der Waals surface area contributed by atoms with Crippen molar-refractivity contribution in [1.29, 1.82) is 0 Å². The Morgan fingerprint density at radius 2 is 2.12 bits per heavy atom. The molecular weight excluding hydrogens is 212 g/mol. The van der Waals surface area contributed by atoms with Crippen molar-refractivity contribution in [3.63, 3.8) is 0 Å². The molecule has 0 bridgehead atoms. The second kappa shape index (κ2) is 4.90. The molecule has 2 N–H and O–H groups in total. The van der Waals surface area contributed by atoms with Crippen LogP contribution in [0.1, 0.15) is 19.4 Å². The van der Waals surface area contributed by atoms with E-state index in [2.05, 4.69) is 48.4 Å². The molecule has 2 aromatic rings. The summed E-state index contributed by atoms with van der Waals surface area (Å²) < 4.78 is 5.18. The largest absolute Gasteiger partial charge is 0.383 e. The lowest BCUT2D eigenvalue weighted by Crippen LogP contribution is -2.42. The first kappa shape index (κ1) is 12.1. The Kier molecular flexibility index (Phi) is 3.50. The Labute approximate surface area is 102 Å². The van der Waals surface area contributed by atoms with Crippen molar-refractivity contribution in [3.8, 4) is 0 Å². The maximum absolute atomic E-state index is 5.18. The predicted octanol–water partition coefficient (Wildman–Crippen LogP) is 2.68. The Bertz CT molecular complexity index is 488. The molecule has 0 fully saturated rings. The summed E-state index contributed by atoms with van der Waals surface area (Å²) in [5.41, 5.74) is 2.47. The Morgan fingerprint density at radius 3 is 2.88 bits per heavy atom. The van der Waals surface area contributed by atoms with Gasteiger partial charge in [-0.25, -0.2) is 0 Å². The van der Waals surface area contributed by atoms with Crippen LogP contribution >= 0.6 is 0 Å². The van der Waals surface area contributed by atoms with Gasteiger partial charge in [0.1, 0.15) is 0 Å². The number of aromatic nitrogens is 1. The molecule has 0 aliphatic carbocycles. The Hall–Kier alpha value is -1.32. The number of benzene rings is 1. The highest BCUT2D eigenvalue weighted by Gasteiger charge is 2.16. The molecule has 0 amide bonds. The first-order chi connectivity index (χ1) is 8.11. The molecule has 0 radical (unpaired) electrons. The first-order valence-corrected chi connectivity index (χ1v) is 5.91. The molecule has 92 valence electrons. The Morgan fingerprint density at radius 1 is 1.29 bits per heavy atom. The monoisotopic (exact) mass is 232 g/mol. The lowest BCUT2D eigenvalue weighted by Gasteiger charge is -2.25. The molecule has 0 spiro atoms. The predicted molar refractivity (Wildman–Crippen MR) is 71.1 cm³/mol. The van der Waals surface area contributed by atoms with Gasteiger partial charge in [-0.05, 0) is 36.9 Å². The zero-order chi connectivity index (χ0) is 12.3. The minimum absolute atomic E-state index is 0.000553. The van der Waals surface area contributed by atoms with Crippen molar-refractivity contribution in [1.82, 2.24) is 10.3 Å². The molecule has 2 rings (SSSR count). The molecule has 17 heavy (non-hydrogen) atoms. The third-order valence-electron chi connectivity index (χ3n) is 2.90. The summed E-state index contributed by atoms with van der Waals surface area (Å²) in [5.74, 6) is 0. The summed E-state index contributed by atoms with van der Waals surface area (Å²) in [6.07, 6.45) is 1.97. The third-order valence-corrected chi connectivity index (χ3v) is 2.90. The zero-order valence-corrected chi connectivity index (χ0v) is 10.7. The number of H-pyrrole nitrogens is 1. The van der Waals surface area contributed by atoms with E-state index in [0.29, 0.717) is 6.61 Å². The first-order valence-electron chi connectivity index (χ1n) is 5.91. The lowest BCUT2D eigenvalue weighted by molar-refractivity contribution is 0.128. The van der Waals surface area contributed by atoms with Crippen LogP contribution in [0.5, 0.6) is 0 Å². The van der Waals surface area contributed by atoms with Crippen LogP contribution in [0.2, 0.25) is 0 Å². The van der Waals surface area contributed by atoms with Gasteiger partial charge in [0.15, 0.2) is 0 Å². The third kappa shape index (κ3) is 3.08. The molecular formula is C14H20N2O. The van der Waals surface area contributed by atoms with Crippen molar-refractivity contribution in [3.05, 3.63) is 36.0 Å². The van der Waals surface area contributed by atoms with Crippen LogP contribution in [0, 0.1) is 0 Å². The second-order valence-electron chi connectivity index (χ2n) is 5.07. The summed E-state index contributed by atoms with van der Waals surface area (Å²) >= 11 is 0. The van der Waals surface area contributed by atoms with Gasteiger partial charge in [-0.2, -0.15) is 0 Å². The number of hydrogen-bond acceptors (Lipinski definition) is 2. The molecule has 0 unspecified atom stereocenters. The summed E-state index contributed by atoms with van der Waals surface area (Å²) in [4.78, 5) is 3.23. The minimum Gasteiger partial charge on any atom is -0.383 e. The van der Waals surface area contributed by atoms with Crippen molar-refractivity contribution in [2.75, 3.05) is 13.7 Å². The van der Waals surface area contributed by atoms with E-state index in [9.17, 15) is 0 Å². The SMILES string of the molecule is COCC(C)(C)NCc1ccc2cc[nH]c2c1. The van der Waals surface area contributed by atoms with Gasteiger partial charge in [0.25, 0.3) is 0 Å². The fourth-order valence-corrected chi connectivity index (χ4v) is 1.96. The van der Waals surface area contributed by atoms with Crippen LogP contribution < -0.4 is 5.32 Å². The smallest absolute Gasteiger partial charge is 0.0639 e. The van der Waals surface area contributed by atoms with Gasteiger partial charge in [0.05, 0.1) is 6.61 Å². The highest BCUT2D eigenvalue weighted by molar-refractivity contribution is 5.79. The van der Waals surface area contributed by atoms with Gasteiger partial charge >= 0.3 is 0 Å². The van der Waals surface area contributed by atoms with E-state index in [1.165, 1.54) is 16.5 Å². The van der Waals surface area contributed by atoms with E-state index in [-0.39, 0.29) is 5.54 Å². The van der Waals surface area contributed by atoms with E-state index in [1.807, 2.05) is 6.20 Å². The number of methoxy groups -OCH3 is 1. The van der Waals surface area contributed by atoms with Crippen molar-refractivity contribution >= 4 is 10.9 Å². The fraction of sp³-hybridized carbons (Fsp3) is 0.429. The molecule has 1 aromatic heterocycles. The quantitative estimate of drug-likeness (QED) is 0.831. The topological polar surface area (TPSA) is 37.0 Å². The average molecular weight is 232 g/mol. The summed E-state index contributed by atoms with van der Waals surface area (Å²) in [7, 11) is 1.73. The van der Waals surface area contributed by atoms with Crippen LogP contribution in [0.15, 0.2) is 30.5 Å². The van der Waals surface area contributed by atoms with Gasteiger partial charge in [-0.3, -0.25) is 0 Å². The molecule has 0 saturated carbocycles. The van der Waals surface area contributed by atoms with Crippen LogP contribution in [-0.2, 0) is 11.3 Å². The van der Waals surface area contributed by atoms with Crippen molar-refractivity contribution in [2.24, 2.45) is 0 Å². The number of rotatable bonds is 5. The van der Waals surface area contributed by atoms with Crippen LogP contribution in [-0.4, -0.2) is 24.2 Å². The van der Waals surface area contributed by atoms with E-state index in [0.717, 1.165) is 6.54 Å². The normalized spacial score (nSPS) is 12.2. The average Bonchev–Trinajstić information content (AvgIpc) is 2.73. The van der Waals surface area contributed by atoms with Gasteiger partial charge in [0.2, 0.25) is 0 Å². The zero-order valence-electron chi connectivity index (χ0n) is 10.7. The summed E-state index contributed by atoms with van der Waals surface area (Å²) in [6.45, 7) is 5.84. The van der Waals surface area contributed by atoms with Crippen LogP contribution in [0.3, 0.4) is 0 Å². The molecule has 3 heteroatoms. The molecule has 1 aromatic carbocycles. The van der Waals surface area contributed by atoms with E-state index >= 15 is 0 Å². The van der Waals surface area contributed by atoms with E-state index in [4.69, 9.17) is 4.74 Å². The molecule has 0 saturated heterocycles. The second-order valence-corrected chi connectivity index (χ2v) is 5.07. The van der Waals surface area contributed by atoms with Gasteiger partial charge in [-0.1, -0.05) is 12.1 Å². The maximum atomic E-state index is 5.18. The Balaban J connectivity index is 2.03. The number of hydrogen-bond donors (Lipinski definition) is 2.